The normalized spacial score (nSPS) is 20.8. The Morgan fingerprint density at radius 2 is 1.94 bits per heavy atom. The van der Waals surface area contributed by atoms with Crippen molar-refractivity contribution in [3.8, 4) is 0 Å². The quantitative estimate of drug-likeness (QED) is 0.259. The Kier molecular flexibility index (Phi) is 9.23. The van der Waals surface area contributed by atoms with Crippen molar-refractivity contribution < 1.29 is 23.8 Å². The molecule has 0 N–H and O–H groups in total. The summed E-state index contributed by atoms with van der Waals surface area (Å²) in [7, 11) is 0. The molecule has 2 saturated heterocycles. The summed E-state index contributed by atoms with van der Waals surface area (Å²) in [5.41, 5.74) is 2.15. The summed E-state index contributed by atoms with van der Waals surface area (Å²) in [5, 5.41) is 0.658. The molecule has 0 aliphatic carbocycles. The van der Waals surface area contributed by atoms with Crippen molar-refractivity contribution in [3.05, 3.63) is 58.4 Å². The number of thioether (sulfide) groups is 1. The third-order valence-electron chi connectivity index (χ3n) is 6.93. The van der Waals surface area contributed by atoms with Crippen LogP contribution in [0.1, 0.15) is 79.6 Å². The lowest BCUT2D eigenvalue weighted by atomic mass is 9.81. The highest BCUT2D eigenvalue weighted by molar-refractivity contribution is 7.98. The Hall–Kier alpha value is -1.77. The summed E-state index contributed by atoms with van der Waals surface area (Å²) in [4.78, 5) is 31.6. The number of ketones is 2. The van der Waals surface area contributed by atoms with E-state index in [1.54, 1.807) is 24.0 Å². The van der Waals surface area contributed by atoms with Gasteiger partial charge < -0.3 is 14.2 Å². The average molecular weight is 532 g/mol. The van der Waals surface area contributed by atoms with E-state index in [9.17, 15) is 9.59 Å². The number of Topliss-reactive ketones (excluding diaryl/α,β-unsaturated/α-hetero) is 2. The van der Waals surface area contributed by atoms with Gasteiger partial charge in [-0.2, -0.15) is 0 Å². The van der Waals surface area contributed by atoms with E-state index in [1.807, 2.05) is 44.4 Å². The van der Waals surface area contributed by atoms with Crippen LogP contribution in [0.4, 0.5) is 0 Å². The minimum atomic E-state index is -0.624. The molecule has 1 aromatic carbocycles. The molecule has 0 bridgehead atoms. The van der Waals surface area contributed by atoms with Gasteiger partial charge in [-0.25, -0.2) is 0 Å². The smallest absolute Gasteiger partial charge is 0.181 e. The van der Waals surface area contributed by atoms with Gasteiger partial charge in [0.25, 0.3) is 0 Å². The molecule has 3 heterocycles. The molecule has 36 heavy (non-hydrogen) atoms. The zero-order chi connectivity index (χ0) is 25.7. The maximum atomic E-state index is 13.4. The van der Waals surface area contributed by atoms with E-state index < -0.39 is 5.79 Å². The predicted molar refractivity (Wildman–Crippen MR) is 141 cm³/mol. The van der Waals surface area contributed by atoms with Crippen molar-refractivity contribution in [1.29, 1.82) is 0 Å². The molecule has 2 aliphatic rings. The zero-order valence-corrected chi connectivity index (χ0v) is 22.7. The molecule has 2 unspecified atom stereocenters. The van der Waals surface area contributed by atoms with Gasteiger partial charge in [-0.05, 0) is 69.0 Å². The van der Waals surface area contributed by atoms with E-state index in [4.69, 9.17) is 25.8 Å². The molecular formula is C28H34ClNO5S. The second-order valence-corrected chi connectivity index (χ2v) is 11.2. The lowest BCUT2D eigenvalue weighted by Gasteiger charge is -2.26. The summed E-state index contributed by atoms with van der Waals surface area (Å²) in [6.45, 7) is 5.65. The summed E-state index contributed by atoms with van der Waals surface area (Å²) in [5.74, 6) is -0.561. The number of halogens is 1. The Bertz CT molecular complexity index is 1070. The second-order valence-electron chi connectivity index (χ2n) is 9.92. The molecule has 2 atom stereocenters. The molecule has 1 aromatic heterocycles. The first-order valence-corrected chi connectivity index (χ1v) is 14.1. The van der Waals surface area contributed by atoms with Gasteiger partial charge in [0, 0.05) is 48.6 Å². The second kappa shape index (κ2) is 12.2. The summed E-state index contributed by atoms with van der Waals surface area (Å²) >= 11 is 8.05. The van der Waals surface area contributed by atoms with Crippen LogP contribution in [0.3, 0.4) is 0 Å². The van der Waals surface area contributed by atoms with Gasteiger partial charge in [0.2, 0.25) is 0 Å². The van der Waals surface area contributed by atoms with Crippen molar-refractivity contribution >= 4 is 34.9 Å². The first-order chi connectivity index (χ1) is 17.3. The first-order valence-electron chi connectivity index (χ1n) is 12.5. The zero-order valence-electron chi connectivity index (χ0n) is 21.1. The molecule has 4 rings (SSSR count). The van der Waals surface area contributed by atoms with Gasteiger partial charge >= 0.3 is 0 Å². The molecule has 0 saturated carbocycles. The molecule has 2 aliphatic heterocycles. The largest absolute Gasteiger partial charge is 0.381 e. The van der Waals surface area contributed by atoms with Crippen LogP contribution in [-0.4, -0.2) is 48.4 Å². The average Bonchev–Trinajstić information content (AvgIpc) is 3.25. The number of ether oxygens (including phenoxy) is 3. The minimum Gasteiger partial charge on any atom is -0.381 e. The lowest BCUT2D eigenvalue weighted by molar-refractivity contribution is -0.139. The maximum Gasteiger partial charge on any atom is 0.181 e. The van der Waals surface area contributed by atoms with Gasteiger partial charge in [0.15, 0.2) is 11.6 Å². The van der Waals surface area contributed by atoms with Crippen LogP contribution in [-0.2, 0) is 19.0 Å². The van der Waals surface area contributed by atoms with Crippen molar-refractivity contribution in [1.82, 2.24) is 4.98 Å². The van der Waals surface area contributed by atoms with E-state index in [0.29, 0.717) is 23.2 Å². The number of rotatable bonds is 10. The summed E-state index contributed by atoms with van der Waals surface area (Å²) in [6, 6.07) is 9.44. The molecule has 2 fully saturated rings. The number of hydrogen-bond acceptors (Lipinski definition) is 7. The third-order valence-corrected chi connectivity index (χ3v) is 8.15. The standard InChI is InChI=1S/C28H34ClNO5S/c1-28(2)34-17-26(35-28)20-4-6-23(30-16-20)25(32)8-7-24(31)21(14-18-10-12-33-13-11-18)19-5-9-27(36-3)22(29)15-19/h4-6,9,15-16,18,21,26H,7-8,10-14,17H2,1-3H3. The molecular weight excluding hydrogens is 498 g/mol. The van der Waals surface area contributed by atoms with Crippen molar-refractivity contribution in [2.75, 3.05) is 26.1 Å². The Labute approximate surface area is 222 Å². The number of pyridine rings is 1. The Balaban J connectivity index is 1.40. The van der Waals surface area contributed by atoms with Crippen LogP contribution in [0.5, 0.6) is 0 Å². The van der Waals surface area contributed by atoms with Gasteiger partial charge in [-0.1, -0.05) is 23.7 Å². The summed E-state index contributed by atoms with van der Waals surface area (Å²) in [6.07, 6.45) is 6.38. The molecule has 0 amide bonds. The van der Waals surface area contributed by atoms with Crippen LogP contribution in [0.15, 0.2) is 41.4 Å². The Morgan fingerprint density at radius 1 is 1.17 bits per heavy atom. The number of benzene rings is 1. The molecule has 194 valence electrons. The van der Waals surface area contributed by atoms with Crippen LogP contribution in [0, 0.1) is 5.92 Å². The van der Waals surface area contributed by atoms with E-state index >= 15 is 0 Å². The first kappa shape index (κ1) is 27.3. The predicted octanol–water partition coefficient (Wildman–Crippen LogP) is 6.41. The van der Waals surface area contributed by atoms with Crippen LogP contribution < -0.4 is 0 Å². The van der Waals surface area contributed by atoms with Crippen molar-refractivity contribution in [2.24, 2.45) is 5.92 Å². The molecule has 8 heteroatoms. The van der Waals surface area contributed by atoms with Crippen LogP contribution in [0.25, 0.3) is 0 Å². The number of carbonyl (C=O) groups excluding carboxylic acids is 2. The van der Waals surface area contributed by atoms with Gasteiger partial charge in [0.05, 0.1) is 11.6 Å². The van der Waals surface area contributed by atoms with E-state index in [0.717, 1.165) is 48.5 Å². The Morgan fingerprint density at radius 3 is 2.56 bits per heavy atom. The highest BCUT2D eigenvalue weighted by atomic mass is 35.5. The molecule has 6 nitrogen and oxygen atoms in total. The lowest BCUT2D eigenvalue weighted by Crippen LogP contribution is -2.22. The van der Waals surface area contributed by atoms with Crippen LogP contribution in [0.2, 0.25) is 5.02 Å². The fraction of sp³-hybridized carbons (Fsp3) is 0.536. The van der Waals surface area contributed by atoms with E-state index in [2.05, 4.69) is 4.98 Å². The fourth-order valence-corrected chi connectivity index (χ4v) is 5.70. The highest BCUT2D eigenvalue weighted by Crippen LogP contribution is 2.35. The van der Waals surface area contributed by atoms with Gasteiger partial charge in [0.1, 0.15) is 17.6 Å². The van der Waals surface area contributed by atoms with Crippen molar-refractivity contribution in [2.45, 2.75) is 68.7 Å². The molecule has 0 spiro atoms. The highest BCUT2D eigenvalue weighted by Gasteiger charge is 2.34. The van der Waals surface area contributed by atoms with E-state index in [1.165, 1.54) is 0 Å². The molecule has 2 aromatic rings. The number of hydrogen-bond donors (Lipinski definition) is 0. The number of aromatic nitrogens is 1. The maximum absolute atomic E-state index is 13.4. The third kappa shape index (κ3) is 6.95. The molecule has 0 radical (unpaired) electrons. The number of carbonyl (C=O) groups is 2. The fourth-order valence-electron chi connectivity index (χ4n) is 4.82. The minimum absolute atomic E-state index is 0.0677. The van der Waals surface area contributed by atoms with Crippen molar-refractivity contribution in [3.63, 3.8) is 0 Å². The van der Waals surface area contributed by atoms with Gasteiger partial charge in [-0.15, -0.1) is 11.8 Å². The monoisotopic (exact) mass is 531 g/mol. The van der Waals surface area contributed by atoms with E-state index in [-0.39, 0.29) is 36.4 Å². The topological polar surface area (TPSA) is 74.7 Å². The summed E-state index contributed by atoms with van der Waals surface area (Å²) < 4.78 is 17.0. The SMILES string of the molecule is CSc1ccc(C(CC2CCOCC2)C(=O)CCC(=O)c2ccc(C3COC(C)(C)O3)cn2)cc1Cl. The van der Waals surface area contributed by atoms with Gasteiger partial charge in [-0.3, -0.25) is 14.6 Å². The van der Waals surface area contributed by atoms with Crippen LogP contribution >= 0.6 is 23.4 Å². The number of nitrogens with zero attached hydrogens (tertiary/aromatic N) is 1.